The third-order valence-electron chi connectivity index (χ3n) is 9.20. The molecule has 0 spiro atoms. The van der Waals surface area contributed by atoms with Crippen molar-refractivity contribution in [2.75, 3.05) is 11.9 Å². The second-order valence-corrected chi connectivity index (χ2v) is 12.8. The summed E-state index contributed by atoms with van der Waals surface area (Å²) in [7, 11) is 1.79. The second kappa shape index (κ2) is 14.3. The maximum Gasteiger partial charge on any atom is 0.280 e. The van der Waals surface area contributed by atoms with Crippen molar-refractivity contribution in [1.29, 1.82) is 0 Å². The summed E-state index contributed by atoms with van der Waals surface area (Å²) < 4.78 is 62.9. The largest absolute Gasteiger partial charge is 0.355 e. The number of pyridine rings is 4. The molecule has 0 aliphatic heterocycles. The molecule has 0 atom stereocenters. The second-order valence-electron chi connectivity index (χ2n) is 12.8. The van der Waals surface area contributed by atoms with Crippen molar-refractivity contribution in [3.63, 3.8) is 0 Å². The van der Waals surface area contributed by atoms with E-state index >= 15 is 17.6 Å². The van der Waals surface area contributed by atoms with Crippen molar-refractivity contribution in [1.82, 2.24) is 39.0 Å². The first-order chi connectivity index (χ1) is 26.6. The maximum atomic E-state index is 15.3. The molecule has 0 saturated carbocycles. The highest BCUT2D eigenvalue weighted by Gasteiger charge is 2.18. The van der Waals surface area contributed by atoms with Crippen LogP contribution in [0.4, 0.5) is 23.4 Å². The van der Waals surface area contributed by atoms with Crippen LogP contribution in [0.25, 0.3) is 44.2 Å². The summed E-state index contributed by atoms with van der Waals surface area (Å²) in [4.78, 5) is 53.1. The predicted octanol–water partition coefficient (Wildman–Crippen LogP) is 6.31. The molecule has 0 bridgehead atoms. The molecule has 6 aromatic heterocycles. The fraction of sp³-hybridized carbons (Fsp3) is 0.100. The number of benzene rings is 2. The predicted molar refractivity (Wildman–Crippen MR) is 197 cm³/mol. The Labute approximate surface area is 308 Å². The number of nitrogens with zero attached hydrogens (tertiary/aromatic N) is 9. The molecule has 8 rings (SSSR count). The van der Waals surface area contributed by atoms with Crippen LogP contribution in [0.3, 0.4) is 0 Å². The van der Waals surface area contributed by atoms with E-state index in [2.05, 4.69) is 29.9 Å². The van der Waals surface area contributed by atoms with Crippen LogP contribution in [-0.2, 0) is 19.6 Å². The zero-order valence-corrected chi connectivity index (χ0v) is 28.9. The zero-order valence-electron chi connectivity index (χ0n) is 28.9. The Morgan fingerprint density at radius 2 is 1.18 bits per heavy atom. The van der Waals surface area contributed by atoms with Gasteiger partial charge in [0.1, 0.15) is 29.1 Å². The third-order valence-corrected chi connectivity index (χ3v) is 9.20. The van der Waals surface area contributed by atoms with Crippen molar-refractivity contribution in [3.05, 3.63) is 171 Å². The van der Waals surface area contributed by atoms with Gasteiger partial charge in [-0.05, 0) is 82.9 Å². The van der Waals surface area contributed by atoms with Gasteiger partial charge in [-0.3, -0.25) is 28.7 Å². The van der Waals surface area contributed by atoms with E-state index in [4.69, 9.17) is 0 Å². The molecule has 2 aromatic carbocycles. The van der Waals surface area contributed by atoms with Gasteiger partial charge in [0.05, 0.1) is 48.4 Å². The van der Waals surface area contributed by atoms with Crippen molar-refractivity contribution in [2.24, 2.45) is 0 Å². The summed E-state index contributed by atoms with van der Waals surface area (Å²) >= 11 is 0. The van der Waals surface area contributed by atoms with Crippen LogP contribution >= 0.6 is 0 Å². The van der Waals surface area contributed by atoms with Gasteiger partial charge in [0, 0.05) is 61.3 Å². The number of anilines is 1. The first kappa shape index (κ1) is 34.9. The Morgan fingerprint density at radius 3 is 1.82 bits per heavy atom. The van der Waals surface area contributed by atoms with Crippen LogP contribution in [0.1, 0.15) is 16.7 Å². The molecule has 272 valence electrons. The number of hydrogen-bond donors (Lipinski definition) is 0. The van der Waals surface area contributed by atoms with E-state index in [9.17, 15) is 9.59 Å². The number of rotatable bonds is 9. The normalized spacial score (nSPS) is 11.4. The Hall–Kier alpha value is -7.16. The number of aromatic nitrogens is 8. The quantitative estimate of drug-likeness (QED) is 0.157. The topological polar surface area (TPSA) is 125 Å². The van der Waals surface area contributed by atoms with Crippen molar-refractivity contribution in [3.8, 4) is 22.3 Å². The molecule has 0 fully saturated rings. The van der Waals surface area contributed by atoms with Gasteiger partial charge in [0.2, 0.25) is 0 Å². The van der Waals surface area contributed by atoms with Gasteiger partial charge >= 0.3 is 0 Å². The van der Waals surface area contributed by atoms with E-state index in [1.165, 1.54) is 80.2 Å². The Balaban J connectivity index is 0.957. The molecule has 55 heavy (non-hydrogen) atoms. The molecule has 0 aliphatic carbocycles. The van der Waals surface area contributed by atoms with E-state index in [0.29, 0.717) is 45.6 Å². The summed E-state index contributed by atoms with van der Waals surface area (Å²) in [5, 5.41) is 0.290. The highest BCUT2D eigenvalue weighted by molar-refractivity contribution is 5.76. The smallest absolute Gasteiger partial charge is 0.280 e. The molecule has 8 aromatic rings. The summed E-state index contributed by atoms with van der Waals surface area (Å²) in [5.41, 5.74) is 1.54. The molecule has 0 unspecified atom stereocenters. The van der Waals surface area contributed by atoms with Gasteiger partial charge in [0.25, 0.3) is 11.1 Å². The van der Waals surface area contributed by atoms with Gasteiger partial charge < -0.3 is 4.90 Å². The fourth-order valence-corrected chi connectivity index (χ4v) is 6.26. The summed E-state index contributed by atoms with van der Waals surface area (Å²) in [5.74, 6) is -2.70. The molecule has 15 heteroatoms. The SMILES string of the molecule is CN(Cc1cnc2c(=O)n(Cc3c(F)cc(-c4ccncc4)cc3F)cnc2c1)c1ccc(-c2cc(F)c(Cn3cnc4cnccc4c3=O)c(F)c2)cn1. The van der Waals surface area contributed by atoms with Crippen molar-refractivity contribution in [2.45, 2.75) is 19.6 Å². The Bertz CT molecular complexity index is 2820. The number of halogens is 4. The number of fused-ring (bicyclic) bond motifs is 2. The molecule has 0 amide bonds. The lowest BCUT2D eigenvalue weighted by atomic mass is 10.0. The fourth-order valence-electron chi connectivity index (χ4n) is 6.26. The van der Waals surface area contributed by atoms with E-state index in [1.807, 2.05) is 4.90 Å². The first-order valence-electron chi connectivity index (χ1n) is 16.8. The zero-order chi connectivity index (χ0) is 38.2. The van der Waals surface area contributed by atoms with Crippen molar-refractivity contribution >= 4 is 27.8 Å². The minimum absolute atomic E-state index is 0.0367. The number of hydrogen-bond acceptors (Lipinski definition) is 9. The Morgan fingerprint density at radius 1 is 0.582 bits per heavy atom. The lowest BCUT2D eigenvalue weighted by molar-refractivity contribution is 0.541. The highest BCUT2D eigenvalue weighted by Crippen LogP contribution is 2.27. The van der Waals surface area contributed by atoms with Gasteiger partial charge in [-0.15, -0.1) is 0 Å². The monoisotopic (exact) mass is 741 g/mol. The van der Waals surface area contributed by atoms with Gasteiger partial charge in [0.15, 0.2) is 5.52 Å². The van der Waals surface area contributed by atoms with E-state index < -0.39 is 34.4 Å². The van der Waals surface area contributed by atoms with Crippen LogP contribution in [0.2, 0.25) is 0 Å². The van der Waals surface area contributed by atoms with Gasteiger partial charge in [-0.1, -0.05) is 0 Å². The highest BCUT2D eigenvalue weighted by atomic mass is 19.1. The molecule has 0 saturated heterocycles. The van der Waals surface area contributed by atoms with E-state index in [-0.39, 0.29) is 40.7 Å². The minimum Gasteiger partial charge on any atom is -0.355 e. The van der Waals surface area contributed by atoms with E-state index in [1.54, 1.807) is 37.4 Å². The molecule has 11 nitrogen and oxygen atoms in total. The first-order valence-corrected chi connectivity index (χ1v) is 16.8. The average Bonchev–Trinajstić information content (AvgIpc) is 3.19. The van der Waals surface area contributed by atoms with Crippen LogP contribution in [0.15, 0.2) is 120 Å². The van der Waals surface area contributed by atoms with Gasteiger partial charge in [-0.2, -0.15) is 0 Å². The van der Waals surface area contributed by atoms with Crippen molar-refractivity contribution < 1.29 is 17.6 Å². The van der Waals surface area contributed by atoms with Gasteiger partial charge in [-0.25, -0.2) is 37.5 Å². The average molecular weight is 742 g/mol. The standard InChI is InChI=1S/C40H27F4N9O2/c1-51(37-3-2-25(16-47-37)27-13-33(43)29(34(44)14-27)19-52-22-50-36-17-46-9-6-28(36)39(52)54)18-23-10-35-38(48-15-23)40(55)53(21-49-35)20-30-31(41)11-26(12-32(30)42)24-4-7-45-8-5-24/h2-17,21-22H,18-20H2,1H3. The molecule has 0 aliphatic rings. The molecule has 0 N–H and O–H groups in total. The Kier molecular flexibility index (Phi) is 9.10. The van der Waals surface area contributed by atoms with E-state index in [0.717, 1.165) is 9.13 Å². The summed E-state index contributed by atoms with van der Waals surface area (Å²) in [6, 6.07) is 14.7. The van der Waals surface area contributed by atoms with Crippen LogP contribution < -0.4 is 16.0 Å². The van der Waals surface area contributed by atoms with Crippen LogP contribution in [0.5, 0.6) is 0 Å². The van der Waals surface area contributed by atoms with Crippen LogP contribution in [0, 0.1) is 23.3 Å². The maximum absolute atomic E-state index is 15.3. The lowest BCUT2D eigenvalue weighted by Gasteiger charge is -2.18. The minimum atomic E-state index is -0.822. The summed E-state index contributed by atoms with van der Waals surface area (Å²) in [6.45, 7) is -0.407. The molecular weight excluding hydrogens is 714 g/mol. The van der Waals surface area contributed by atoms with Crippen LogP contribution in [-0.4, -0.2) is 46.1 Å². The lowest BCUT2D eigenvalue weighted by Crippen LogP contribution is -2.23. The molecular formula is C40H27F4N9O2. The molecule has 6 heterocycles. The third kappa shape index (κ3) is 6.90. The summed E-state index contributed by atoms with van der Waals surface area (Å²) in [6.07, 6.45) is 11.4. The molecule has 0 radical (unpaired) electrons.